The lowest BCUT2D eigenvalue weighted by atomic mass is 10.1. The van der Waals surface area contributed by atoms with Gasteiger partial charge in [-0.2, -0.15) is 0 Å². The molecule has 0 spiro atoms. The smallest absolute Gasteiger partial charge is 0.261 e. The molecule has 0 saturated carbocycles. The highest BCUT2D eigenvalue weighted by molar-refractivity contribution is 4.93. The van der Waals surface area contributed by atoms with Crippen molar-refractivity contribution in [3.05, 3.63) is 0 Å². The number of hydrogen-bond acceptors (Lipinski definition) is 2. The average Bonchev–Trinajstić information content (AvgIpc) is 2.68. The summed E-state index contributed by atoms with van der Waals surface area (Å²) in [5, 5.41) is 0. The van der Waals surface area contributed by atoms with Gasteiger partial charge in [0.25, 0.3) is 5.92 Å². The number of halogens is 2. The molecule has 0 bridgehead atoms. The molecule has 2 aliphatic heterocycles. The first-order chi connectivity index (χ1) is 7.28. The van der Waals surface area contributed by atoms with Gasteiger partial charge in [-0.1, -0.05) is 0 Å². The maximum absolute atomic E-state index is 13.1. The van der Waals surface area contributed by atoms with Crippen LogP contribution in [0.4, 0.5) is 8.78 Å². The maximum Gasteiger partial charge on any atom is 0.261 e. The molecule has 2 nitrogen and oxygen atoms in total. The molecular formula is C12H22F2N2. The fourth-order valence-electron chi connectivity index (χ4n) is 2.72. The maximum atomic E-state index is 13.1. The average molecular weight is 232 g/mol. The monoisotopic (exact) mass is 232 g/mol. The minimum atomic E-state index is -2.45. The van der Waals surface area contributed by atoms with Crippen LogP contribution in [0.2, 0.25) is 0 Å². The van der Waals surface area contributed by atoms with Crippen molar-refractivity contribution >= 4 is 0 Å². The van der Waals surface area contributed by atoms with Crippen LogP contribution in [-0.2, 0) is 0 Å². The van der Waals surface area contributed by atoms with E-state index in [9.17, 15) is 8.78 Å². The molecule has 0 N–H and O–H groups in total. The highest BCUT2D eigenvalue weighted by Gasteiger charge is 2.43. The van der Waals surface area contributed by atoms with Crippen molar-refractivity contribution in [2.24, 2.45) is 0 Å². The Hall–Kier alpha value is -0.220. The summed E-state index contributed by atoms with van der Waals surface area (Å²) in [6.45, 7) is 9.08. The second kappa shape index (κ2) is 3.91. The van der Waals surface area contributed by atoms with Crippen LogP contribution in [0.5, 0.6) is 0 Å². The van der Waals surface area contributed by atoms with Crippen LogP contribution in [0.25, 0.3) is 0 Å². The van der Waals surface area contributed by atoms with E-state index in [2.05, 4.69) is 25.7 Å². The van der Waals surface area contributed by atoms with E-state index in [0.29, 0.717) is 12.6 Å². The molecule has 0 radical (unpaired) electrons. The number of nitrogens with zero attached hydrogens (tertiary/aromatic N) is 2. The van der Waals surface area contributed by atoms with Crippen LogP contribution >= 0.6 is 0 Å². The molecule has 0 aromatic heterocycles. The second-order valence-electron chi connectivity index (χ2n) is 6.14. The van der Waals surface area contributed by atoms with Gasteiger partial charge in [0.15, 0.2) is 0 Å². The zero-order chi connectivity index (χ0) is 12.0. The van der Waals surface area contributed by atoms with Crippen molar-refractivity contribution < 1.29 is 8.78 Å². The first kappa shape index (κ1) is 12.2. The highest BCUT2D eigenvalue weighted by atomic mass is 19.3. The molecule has 0 aliphatic carbocycles. The third kappa shape index (κ3) is 2.54. The molecule has 4 heteroatoms. The first-order valence-corrected chi connectivity index (χ1v) is 6.15. The van der Waals surface area contributed by atoms with Crippen molar-refractivity contribution in [2.75, 3.05) is 26.2 Å². The van der Waals surface area contributed by atoms with E-state index in [1.54, 1.807) is 0 Å². The molecule has 1 atom stereocenters. The minimum Gasteiger partial charge on any atom is -0.297 e. The topological polar surface area (TPSA) is 6.48 Å². The van der Waals surface area contributed by atoms with Gasteiger partial charge in [0, 0.05) is 37.6 Å². The van der Waals surface area contributed by atoms with E-state index >= 15 is 0 Å². The Bertz CT molecular complexity index is 260. The van der Waals surface area contributed by atoms with Crippen molar-refractivity contribution in [1.82, 2.24) is 9.80 Å². The molecule has 2 heterocycles. The Labute approximate surface area is 96.6 Å². The number of hydrogen-bond donors (Lipinski definition) is 0. The molecule has 0 aromatic rings. The lowest BCUT2D eigenvalue weighted by Crippen LogP contribution is -2.43. The zero-order valence-electron chi connectivity index (χ0n) is 10.5. The van der Waals surface area contributed by atoms with Gasteiger partial charge >= 0.3 is 0 Å². The zero-order valence-corrected chi connectivity index (χ0v) is 10.5. The third-order valence-corrected chi connectivity index (χ3v) is 3.83. The second-order valence-corrected chi connectivity index (χ2v) is 6.14. The first-order valence-electron chi connectivity index (χ1n) is 6.15. The van der Waals surface area contributed by atoms with Gasteiger partial charge in [0.1, 0.15) is 0 Å². The van der Waals surface area contributed by atoms with E-state index in [0.717, 1.165) is 19.5 Å². The van der Waals surface area contributed by atoms with E-state index in [1.165, 1.54) is 0 Å². The van der Waals surface area contributed by atoms with Crippen molar-refractivity contribution in [2.45, 2.75) is 51.1 Å². The van der Waals surface area contributed by atoms with Gasteiger partial charge in [-0.25, -0.2) is 8.78 Å². The summed E-state index contributed by atoms with van der Waals surface area (Å²) in [4.78, 5) is 4.37. The van der Waals surface area contributed by atoms with Gasteiger partial charge in [-0.05, 0) is 27.2 Å². The molecule has 16 heavy (non-hydrogen) atoms. The van der Waals surface area contributed by atoms with Crippen molar-refractivity contribution in [3.8, 4) is 0 Å². The molecule has 2 saturated heterocycles. The van der Waals surface area contributed by atoms with E-state index < -0.39 is 5.92 Å². The summed E-state index contributed by atoms with van der Waals surface area (Å²) in [5.74, 6) is -2.45. The standard InChI is InChI=1S/C12H22F2N2/c1-11(2,3)16-6-4-10(8-16)15-7-5-12(13,14)9-15/h10H,4-9H2,1-3H3/t10-/m0/s1. The van der Waals surface area contributed by atoms with Crippen molar-refractivity contribution in [1.29, 1.82) is 0 Å². The Kier molecular flexibility index (Phi) is 2.99. The summed E-state index contributed by atoms with van der Waals surface area (Å²) in [5.41, 5.74) is 0.164. The van der Waals surface area contributed by atoms with Crippen LogP contribution in [-0.4, -0.2) is 53.5 Å². The quantitative estimate of drug-likeness (QED) is 0.684. The molecule has 2 fully saturated rings. The summed E-state index contributed by atoms with van der Waals surface area (Å²) >= 11 is 0. The highest BCUT2D eigenvalue weighted by Crippen LogP contribution is 2.32. The van der Waals surface area contributed by atoms with Gasteiger partial charge in [-0.3, -0.25) is 9.80 Å². The number of likely N-dealkylation sites (tertiary alicyclic amines) is 2. The molecule has 0 aromatic carbocycles. The fraction of sp³-hybridized carbons (Fsp3) is 1.00. The van der Waals surface area contributed by atoms with E-state index in [4.69, 9.17) is 0 Å². The summed E-state index contributed by atoms with van der Waals surface area (Å²) < 4.78 is 26.2. The number of alkyl halides is 2. The third-order valence-electron chi connectivity index (χ3n) is 3.83. The predicted octanol–water partition coefficient (Wildman–Crippen LogP) is 2.20. The van der Waals surface area contributed by atoms with Gasteiger partial charge in [0.2, 0.25) is 0 Å². The molecular weight excluding hydrogens is 210 g/mol. The van der Waals surface area contributed by atoms with Gasteiger partial charge in [0.05, 0.1) is 6.54 Å². The Morgan fingerprint density at radius 1 is 1.19 bits per heavy atom. The van der Waals surface area contributed by atoms with Crippen LogP contribution in [0.3, 0.4) is 0 Å². The Morgan fingerprint density at radius 2 is 1.88 bits per heavy atom. The lowest BCUT2D eigenvalue weighted by Gasteiger charge is -2.32. The van der Waals surface area contributed by atoms with Crippen LogP contribution < -0.4 is 0 Å². The number of rotatable bonds is 1. The van der Waals surface area contributed by atoms with Crippen LogP contribution in [0.1, 0.15) is 33.6 Å². The van der Waals surface area contributed by atoms with E-state index in [1.807, 2.05) is 4.90 Å². The normalized spacial score (nSPS) is 32.4. The lowest BCUT2D eigenvalue weighted by molar-refractivity contribution is 0.00759. The SMILES string of the molecule is CC(C)(C)N1CC[C@H](N2CCC(F)(F)C2)C1. The van der Waals surface area contributed by atoms with E-state index in [-0.39, 0.29) is 18.5 Å². The molecule has 0 unspecified atom stereocenters. The van der Waals surface area contributed by atoms with Crippen LogP contribution in [0.15, 0.2) is 0 Å². The predicted molar refractivity (Wildman–Crippen MR) is 60.9 cm³/mol. The Balaban J connectivity index is 1.90. The molecule has 0 amide bonds. The fourth-order valence-corrected chi connectivity index (χ4v) is 2.72. The van der Waals surface area contributed by atoms with Gasteiger partial charge < -0.3 is 0 Å². The largest absolute Gasteiger partial charge is 0.297 e. The molecule has 2 rings (SSSR count). The minimum absolute atomic E-state index is 0.0321. The molecule has 2 aliphatic rings. The summed E-state index contributed by atoms with van der Waals surface area (Å²) in [7, 11) is 0. The van der Waals surface area contributed by atoms with Gasteiger partial charge in [-0.15, -0.1) is 0 Å². The summed E-state index contributed by atoms with van der Waals surface area (Å²) in [6.07, 6.45) is 1.08. The van der Waals surface area contributed by atoms with Crippen molar-refractivity contribution in [3.63, 3.8) is 0 Å². The molecule has 94 valence electrons. The van der Waals surface area contributed by atoms with Crippen LogP contribution in [0, 0.1) is 0 Å². The summed E-state index contributed by atoms with van der Waals surface area (Å²) in [6, 6.07) is 0.340. The Morgan fingerprint density at radius 3 is 2.31 bits per heavy atom.